The maximum Gasteiger partial charge on any atom is 0.226 e. The third kappa shape index (κ3) is 2.89. The van der Waals surface area contributed by atoms with Crippen molar-refractivity contribution in [3.63, 3.8) is 0 Å². The van der Waals surface area contributed by atoms with E-state index < -0.39 is 0 Å². The van der Waals surface area contributed by atoms with Gasteiger partial charge in [0.1, 0.15) is 0 Å². The lowest BCUT2D eigenvalue weighted by Gasteiger charge is -2.20. The van der Waals surface area contributed by atoms with Crippen LogP contribution in [0.2, 0.25) is 0 Å². The Morgan fingerprint density at radius 2 is 2.22 bits per heavy atom. The Kier molecular flexibility index (Phi) is 4.33. The average Bonchev–Trinajstić information content (AvgIpc) is 2.83. The molecule has 0 bridgehead atoms. The molecule has 0 aromatic heterocycles. The summed E-state index contributed by atoms with van der Waals surface area (Å²) in [5.41, 5.74) is 0.917. The van der Waals surface area contributed by atoms with Gasteiger partial charge in [0.15, 0.2) is 0 Å². The van der Waals surface area contributed by atoms with Crippen molar-refractivity contribution in [1.82, 2.24) is 5.32 Å². The van der Waals surface area contributed by atoms with Gasteiger partial charge in [0.25, 0.3) is 0 Å². The van der Waals surface area contributed by atoms with Crippen LogP contribution in [0, 0.1) is 5.92 Å². The van der Waals surface area contributed by atoms with E-state index in [1.165, 1.54) is 0 Å². The highest BCUT2D eigenvalue weighted by atomic mass is 16.5. The van der Waals surface area contributed by atoms with Crippen LogP contribution in [0.25, 0.3) is 0 Å². The molecule has 0 aliphatic carbocycles. The van der Waals surface area contributed by atoms with E-state index in [9.17, 15) is 9.90 Å². The molecule has 3 atom stereocenters. The van der Waals surface area contributed by atoms with E-state index >= 15 is 0 Å². The second kappa shape index (κ2) is 5.98. The van der Waals surface area contributed by atoms with Gasteiger partial charge in [0, 0.05) is 6.61 Å². The molecule has 1 aromatic rings. The minimum absolute atomic E-state index is 0.0390. The van der Waals surface area contributed by atoms with E-state index in [-0.39, 0.29) is 30.6 Å². The quantitative estimate of drug-likeness (QED) is 0.844. The first-order valence-electron chi connectivity index (χ1n) is 6.30. The molecule has 18 heavy (non-hydrogen) atoms. The molecule has 1 aliphatic rings. The third-order valence-corrected chi connectivity index (χ3v) is 3.41. The first-order valence-corrected chi connectivity index (χ1v) is 6.30. The van der Waals surface area contributed by atoms with Gasteiger partial charge in [-0.3, -0.25) is 4.79 Å². The molecule has 98 valence electrons. The van der Waals surface area contributed by atoms with Crippen molar-refractivity contribution in [2.75, 3.05) is 13.2 Å². The highest BCUT2D eigenvalue weighted by molar-refractivity contribution is 5.80. The molecule has 1 amide bonds. The molecule has 1 aromatic carbocycles. The Balaban J connectivity index is 2.00. The standard InChI is InChI=1S/C14H19NO3/c1-10-12(7-8-18-10)14(17)15-13(9-16)11-5-3-2-4-6-11/h2-6,10,12-13,16H,7-9H2,1H3,(H,15,17)/t10?,12?,13-/m1/s1. The van der Waals surface area contributed by atoms with Crippen molar-refractivity contribution in [3.05, 3.63) is 35.9 Å². The Morgan fingerprint density at radius 3 is 2.78 bits per heavy atom. The average molecular weight is 249 g/mol. The van der Waals surface area contributed by atoms with Crippen LogP contribution in [0.1, 0.15) is 24.9 Å². The fraction of sp³-hybridized carbons (Fsp3) is 0.500. The van der Waals surface area contributed by atoms with Gasteiger partial charge in [-0.2, -0.15) is 0 Å². The molecule has 0 radical (unpaired) electrons. The smallest absolute Gasteiger partial charge is 0.226 e. The Hall–Kier alpha value is -1.39. The molecular weight excluding hydrogens is 230 g/mol. The second-order valence-electron chi connectivity index (χ2n) is 4.63. The summed E-state index contributed by atoms with van der Waals surface area (Å²) in [5.74, 6) is -0.148. The van der Waals surface area contributed by atoms with E-state index in [0.29, 0.717) is 6.61 Å². The first kappa shape index (κ1) is 13.1. The highest BCUT2D eigenvalue weighted by Crippen LogP contribution is 2.22. The van der Waals surface area contributed by atoms with Crippen molar-refractivity contribution < 1.29 is 14.6 Å². The van der Waals surface area contributed by atoms with E-state index in [4.69, 9.17) is 4.74 Å². The lowest BCUT2D eigenvalue weighted by atomic mass is 10.00. The minimum atomic E-state index is -0.341. The maximum atomic E-state index is 12.1. The van der Waals surface area contributed by atoms with E-state index in [1.807, 2.05) is 37.3 Å². The summed E-state index contributed by atoms with van der Waals surface area (Å²) in [6.07, 6.45) is 0.708. The number of carbonyl (C=O) groups is 1. The number of ether oxygens (including phenoxy) is 1. The van der Waals surface area contributed by atoms with E-state index in [0.717, 1.165) is 12.0 Å². The summed E-state index contributed by atoms with van der Waals surface area (Å²) in [4.78, 5) is 12.1. The molecule has 1 aliphatic heterocycles. The van der Waals surface area contributed by atoms with Gasteiger partial charge >= 0.3 is 0 Å². The maximum absolute atomic E-state index is 12.1. The monoisotopic (exact) mass is 249 g/mol. The molecule has 2 unspecified atom stereocenters. The second-order valence-corrected chi connectivity index (χ2v) is 4.63. The van der Waals surface area contributed by atoms with Gasteiger partial charge in [0.2, 0.25) is 5.91 Å². The van der Waals surface area contributed by atoms with Gasteiger partial charge in [-0.1, -0.05) is 30.3 Å². The topological polar surface area (TPSA) is 58.6 Å². The SMILES string of the molecule is CC1OCCC1C(=O)N[C@H](CO)c1ccccc1. The molecule has 2 N–H and O–H groups in total. The number of hydrogen-bond acceptors (Lipinski definition) is 3. The van der Waals surface area contributed by atoms with Crippen molar-refractivity contribution in [2.45, 2.75) is 25.5 Å². The van der Waals surface area contributed by atoms with Crippen LogP contribution in [-0.4, -0.2) is 30.3 Å². The number of rotatable bonds is 4. The van der Waals surface area contributed by atoms with Crippen LogP contribution in [-0.2, 0) is 9.53 Å². The normalized spacial score (nSPS) is 24.8. The largest absolute Gasteiger partial charge is 0.394 e. The summed E-state index contributed by atoms with van der Waals surface area (Å²) in [7, 11) is 0. The van der Waals surface area contributed by atoms with Crippen molar-refractivity contribution >= 4 is 5.91 Å². The fourth-order valence-corrected chi connectivity index (χ4v) is 2.27. The Morgan fingerprint density at radius 1 is 1.50 bits per heavy atom. The number of hydrogen-bond donors (Lipinski definition) is 2. The predicted octanol–water partition coefficient (Wildman–Crippen LogP) is 1.26. The van der Waals surface area contributed by atoms with Gasteiger partial charge in [-0.25, -0.2) is 0 Å². The zero-order chi connectivity index (χ0) is 13.0. The first-order chi connectivity index (χ1) is 8.72. The summed E-state index contributed by atoms with van der Waals surface area (Å²) >= 11 is 0. The summed E-state index contributed by atoms with van der Waals surface area (Å²) in [6, 6.07) is 9.15. The number of amides is 1. The zero-order valence-electron chi connectivity index (χ0n) is 10.5. The van der Waals surface area contributed by atoms with Crippen LogP contribution < -0.4 is 5.32 Å². The van der Waals surface area contributed by atoms with Crippen molar-refractivity contribution in [3.8, 4) is 0 Å². The molecule has 0 spiro atoms. The summed E-state index contributed by atoms with van der Waals surface area (Å²) in [5, 5.41) is 12.3. The van der Waals surface area contributed by atoms with Crippen LogP contribution in [0.5, 0.6) is 0 Å². The molecular formula is C14H19NO3. The third-order valence-electron chi connectivity index (χ3n) is 3.41. The Labute approximate surface area is 107 Å². The highest BCUT2D eigenvalue weighted by Gasteiger charge is 2.31. The van der Waals surface area contributed by atoms with Crippen LogP contribution >= 0.6 is 0 Å². The van der Waals surface area contributed by atoms with Crippen molar-refractivity contribution in [2.24, 2.45) is 5.92 Å². The number of carbonyl (C=O) groups excluding carboxylic acids is 1. The van der Waals surface area contributed by atoms with E-state index in [1.54, 1.807) is 0 Å². The molecule has 1 fully saturated rings. The van der Waals surface area contributed by atoms with Gasteiger partial charge in [-0.05, 0) is 18.9 Å². The molecule has 2 rings (SSSR count). The van der Waals surface area contributed by atoms with Crippen LogP contribution in [0.15, 0.2) is 30.3 Å². The van der Waals surface area contributed by atoms with Gasteiger partial charge in [-0.15, -0.1) is 0 Å². The molecule has 1 saturated heterocycles. The summed E-state index contributed by atoms with van der Waals surface area (Å²) in [6.45, 7) is 2.44. The number of aliphatic hydroxyl groups excluding tert-OH is 1. The van der Waals surface area contributed by atoms with Crippen LogP contribution in [0.4, 0.5) is 0 Å². The Bertz CT molecular complexity index is 393. The number of nitrogens with one attached hydrogen (secondary N) is 1. The number of aliphatic hydroxyl groups is 1. The molecule has 0 saturated carbocycles. The fourth-order valence-electron chi connectivity index (χ4n) is 2.27. The number of benzene rings is 1. The zero-order valence-corrected chi connectivity index (χ0v) is 10.5. The lowest BCUT2D eigenvalue weighted by Crippen LogP contribution is -2.38. The molecule has 4 nitrogen and oxygen atoms in total. The van der Waals surface area contributed by atoms with E-state index in [2.05, 4.69) is 5.32 Å². The van der Waals surface area contributed by atoms with Gasteiger partial charge in [0.05, 0.1) is 24.7 Å². The predicted molar refractivity (Wildman–Crippen MR) is 67.9 cm³/mol. The minimum Gasteiger partial charge on any atom is -0.394 e. The lowest BCUT2D eigenvalue weighted by molar-refractivity contribution is -0.127. The summed E-state index contributed by atoms with van der Waals surface area (Å²) < 4.78 is 5.38. The van der Waals surface area contributed by atoms with Crippen molar-refractivity contribution in [1.29, 1.82) is 0 Å². The van der Waals surface area contributed by atoms with Gasteiger partial charge < -0.3 is 15.2 Å². The molecule has 1 heterocycles. The molecule has 4 heteroatoms. The van der Waals surface area contributed by atoms with Crippen LogP contribution in [0.3, 0.4) is 0 Å².